The van der Waals surface area contributed by atoms with Gasteiger partial charge in [-0.05, 0) is 210 Å². The van der Waals surface area contributed by atoms with E-state index < -0.39 is 242 Å². The van der Waals surface area contributed by atoms with Gasteiger partial charge in [0.1, 0.15) is 0 Å². The lowest BCUT2D eigenvalue weighted by atomic mass is 9.27. The van der Waals surface area contributed by atoms with Crippen molar-refractivity contribution in [2.24, 2.45) is 211 Å². The summed E-state index contributed by atoms with van der Waals surface area (Å²) >= 11 is 0. The zero-order valence-electron chi connectivity index (χ0n) is 78.5. The summed E-state index contributed by atoms with van der Waals surface area (Å²) in [4.78, 5) is 368. The molecule has 146 heavy (non-hydrogen) atoms. The Morgan fingerprint density at radius 2 is 0.397 bits per heavy atom. The minimum Gasteiger partial charge on any atom is -0.393 e. The van der Waals surface area contributed by atoms with Gasteiger partial charge in [0.25, 0.3) is 0 Å². The molecule has 26 rings (SSSR count). The van der Waals surface area contributed by atoms with Gasteiger partial charge in [0.05, 0.1) is 189 Å². The van der Waals surface area contributed by atoms with Crippen LogP contribution >= 0.6 is 0 Å². The Morgan fingerprint density at radius 1 is 0.171 bits per heavy atom. The lowest BCUT2D eigenvalue weighted by Gasteiger charge is -2.65. The number of esters is 32. The van der Waals surface area contributed by atoms with Crippen molar-refractivity contribution in [2.45, 2.75) is 195 Å². The van der Waals surface area contributed by atoms with E-state index in [1.54, 1.807) is 0 Å². The number of carbonyl (C=O) groups is 32. The zero-order valence-corrected chi connectivity index (χ0v) is 78.5. The number of ether oxygens (including phenoxy) is 16. The predicted octanol–water partition coefficient (Wildman–Crippen LogP) is 1.25. The molecule has 0 aromatic heterocycles. The molecule has 0 aromatic rings. The fraction of sp³-hybridized carbons (Fsp3) is 0.673. The summed E-state index contributed by atoms with van der Waals surface area (Å²) < 4.78 is 73.3. The molecule has 0 aromatic carbocycles. The van der Waals surface area contributed by atoms with Crippen LogP contribution in [0.15, 0.2) is 0 Å². The quantitative estimate of drug-likeness (QED) is 0.212. The summed E-state index contributed by atoms with van der Waals surface area (Å²) in [6.07, 6.45) is 15.2. The fourth-order valence-electron chi connectivity index (χ4n) is 28.9. The zero-order chi connectivity index (χ0) is 105. The molecule has 0 bridgehead atoms. The van der Waals surface area contributed by atoms with Crippen LogP contribution in [0, 0.1) is 211 Å². The van der Waals surface area contributed by atoms with Crippen LogP contribution in [0.2, 0.25) is 0 Å². The molecule has 0 amide bonds. The van der Waals surface area contributed by atoms with E-state index >= 15 is 0 Å². The Hall–Kier alpha value is -13.8. The standard InChI is InChI=1S/C17H20O6.2C16H18O6.C12H12O6.2C10H8O6.C9H6O6.C8H6O6/c18-14-10-3-1-8(6-12(10)16(20)22-14)5-9-2-4-11-13(7-9)17(21)23-15(11)19;17-13-9-3-1-7(5-11(9)15(19)21-13)8-2-4-10-12(6-8)16(20)22-14(10)18;17-13-9-5-4-7(6-11(9)15(19)21-13)8-2-1-3-10-12(8)16(20)22-14(10)18;1-9-5(13)17-6(14)10(9,2)12(4)8(16)18-7(15)11(9,12)3;11-6-2-3-4(8(12)15-6)1-5-7(3)10(14)16-9(5)13;11-7-3-1-4-6(10(14)16-8(4)12)2-5(3)9(13)15-7;10-6-2-1-3-5(4(2)8(12)14-6)9(13)15-7(3)11;9-5-1-3(7(11)13-5)4-2-6(10)14-8(4)12/h8-13H,1-7H2;2*7-12H,1-6H2;1-4H3;3-5,7H,1-2H2;3-6H,1-2H2;2-5H,1H2;3-4H,1-2H2. The second-order valence-electron chi connectivity index (χ2n) is 43.3. The molecule has 48 nitrogen and oxygen atoms in total. The Bertz CT molecular complexity index is 5600. The number of cyclic esters (lactones) is 32. The molecule has 26 fully saturated rings. The van der Waals surface area contributed by atoms with E-state index in [0.29, 0.717) is 81.5 Å². The first-order valence-electron chi connectivity index (χ1n) is 49.1. The third kappa shape index (κ3) is 16.3. The molecule has 48 heteroatoms. The van der Waals surface area contributed by atoms with Gasteiger partial charge in [-0.15, -0.1) is 0 Å². The van der Waals surface area contributed by atoms with Crippen LogP contribution in [-0.4, -0.2) is 191 Å². The highest BCUT2D eigenvalue weighted by atomic mass is 16.7. The summed E-state index contributed by atoms with van der Waals surface area (Å²) in [5.74, 6) is -28.6. The molecule has 0 N–H and O–H groups in total. The van der Waals surface area contributed by atoms with Gasteiger partial charge >= 0.3 is 191 Å². The summed E-state index contributed by atoms with van der Waals surface area (Å²) in [6, 6.07) is 0. The van der Waals surface area contributed by atoms with Crippen LogP contribution in [0.1, 0.15) is 195 Å². The maximum absolute atomic E-state index is 12.0. The van der Waals surface area contributed by atoms with Crippen LogP contribution in [0.25, 0.3) is 0 Å². The monoisotopic (exact) mass is 2040 g/mol. The highest BCUT2D eigenvalue weighted by molar-refractivity contribution is 6.18. The number of fused-ring (bicyclic) bond motifs is 18. The normalized spacial score (nSPS) is 43.3. The Kier molecular flexibility index (Phi) is 25.8. The first-order valence-corrected chi connectivity index (χ1v) is 49.1. The summed E-state index contributed by atoms with van der Waals surface area (Å²) in [6.45, 7) is 5.95. The van der Waals surface area contributed by atoms with Crippen molar-refractivity contribution >= 4 is 191 Å². The van der Waals surface area contributed by atoms with Crippen LogP contribution in [0.3, 0.4) is 0 Å². The lowest BCUT2D eigenvalue weighted by Crippen LogP contribution is -2.77. The largest absolute Gasteiger partial charge is 0.393 e. The molecule has 26 aliphatic rings. The van der Waals surface area contributed by atoms with Crippen molar-refractivity contribution in [3.63, 3.8) is 0 Å². The van der Waals surface area contributed by atoms with E-state index in [0.717, 1.165) is 64.2 Å². The molecule has 10 saturated carbocycles. The summed E-state index contributed by atoms with van der Waals surface area (Å²) in [5.41, 5.74) is -5.41. The van der Waals surface area contributed by atoms with Crippen molar-refractivity contribution in [1.29, 1.82) is 0 Å². The van der Waals surface area contributed by atoms with Crippen molar-refractivity contribution in [2.75, 3.05) is 0 Å². The Balaban J connectivity index is 0.000000106. The number of hydrogen-bond donors (Lipinski definition) is 0. The summed E-state index contributed by atoms with van der Waals surface area (Å²) in [7, 11) is 0. The van der Waals surface area contributed by atoms with Gasteiger partial charge in [0, 0.05) is 0 Å². The van der Waals surface area contributed by atoms with Crippen LogP contribution in [0.5, 0.6) is 0 Å². The third-order valence-corrected chi connectivity index (χ3v) is 37.1. The van der Waals surface area contributed by atoms with Crippen LogP contribution < -0.4 is 0 Å². The molecule has 10 aliphatic carbocycles. The van der Waals surface area contributed by atoms with Gasteiger partial charge in [-0.1, -0.05) is 6.42 Å². The van der Waals surface area contributed by atoms with Crippen molar-refractivity contribution in [3.05, 3.63) is 0 Å². The number of carbonyl (C=O) groups excluding carboxylic acids is 32. The van der Waals surface area contributed by atoms with E-state index in [9.17, 15) is 153 Å². The van der Waals surface area contributed by atoms with Gasteiger partial charge < -0.3 is 75.8 Å². The van der Waals surface area contributed by atoms with E-state index in [1.807, 2.05) is 0 Å². The van der Waals surface area contributed by atoms with Crippen LogP contribution in [0.4, 0.5) is 0 Å². The van der Waals surface area contributed by atoms with Gasteiger partial charge in [0.15, 0.2) is 0 Å². The highest BCUT2D eigenvalue weighted by Gasteiger charge is 2.97. The molecule has 16 aliphatic heterocycles. The van der Waals surface area contributed by atoms with Gasteiger partial charge in [-0.3, -0.25) is 153 Å². The van der Waals surface area contributed by atoms with E-state index in [-0.39, 0.29) is 182 Å². The molecular formula is C98H96O48. The molecule has 32 atom stereocenters. The van der Waals surface area contributed by atoms with Crippen molar-refractivity contribution in [3.8, 4) is 0 Å². The average Bonchev–Trinajstić information content (AvgIpc) is 1.43. The first kappa shape index (κ1) is 101. The van der Waals surface area contributed by atoms with E-state index in [4.69, 9.17) is 28.4 Å². The highest BCUT2D eigenvalue weighted by Crippen LogP contribution is 2.83. The molecule has 16 saturated heterocycles. The summed E-state index contributed by atoms with van der Waals surface area (Å²) in [5, 5.41) is 0. The Morgan fingerprint density at radius 3 is 0.726 bits per heavy atom. The first-order chi connectivity index (χ1) is 69.0. The fourth-order valence-corrected chi connectivity index (χ4v) is 28.9. The van der Waals surface area contributed by atoms with Gasteiger partial charge in [-0.2, -0.15) is 0 Å². The minimum absolute atomic E-state index is 0.0138. The topological polar surface area (TPSA) is 694 Å². The molecule has 16 heterocycles. The number of rotatable bonds is 5. The molecule has 32 unspecified atom stereocenters. The molecule has 776 valence electrons. The predicted molar refractivity (Wildman–Crippen MR) is 442 cm³/mol. The average molecular weight is 2040 g/mol. The van der Waals surface area contributed by atoms with E-state index in [1.165, 1.54) is 27.7 Å². The smallest absolute Gasteiger partial charge is 0.321 e. The van der Waals surface area contributed by atoms with Gasteiger partial charge in [0.2, 0.25) is 0 Å². The maximum atomic E-state index is 12.0. The lowest BCUT2D eigenvalue weighted by molar-refractivity contribution is -0.243. The van der Waals surface area contributed by atoms with Crippen molar-refractivity contribution in [1.82, 2.24) is 0 Å². The van der Waals surface area contributed by atoms with Crippen molar-refractivity contribution < 1.29 is 229 Å². The minimum atomic E-state index is -1.35. The third-order valence-electron chi connectivity index (χ3n) is 37.1. The SMILES string of the molecule is CC12C(=O)OC(=O)C1(C)C1(C)C(=O)OC(=O)C21C.O=C1CC(C2CC(=O)OC2=O)C(=O)O1.O=C1CC2C(CC3C(=O)OC(=O)C32)C(=O)O1.O=C1OC(=O)C2C1CC1C(=O)OC(=O)C12.O=C1OC(=O)C2CC(C3CCC4C(=O)OC(=O)C4C3)CCC12.O=C1OC(=O)C2CC(C3CCCC4C(=O)OC(=O)C43)CCC12.O=C1OC(=O)C2CC(CC3CCC4C(=O)OC(=O)C4C3)CCC12.O=C1OC(=O)C2CC3C(=O)OC(=O)C3CC12. The Labute approximate surface area is 822 Å². The maximum Gasteiger partial charge on any atom is 0.321 e. The second-order valence-corrected chi connectivity index (χ2v) is 43.3. The van der Waals surface area contributed by atoms with Crippen LogP contribution in [-0.2, 0) is 229 Å². The van der Waals surface area contributed by atoms with E-state index in [2.05, 4.69) is 47.4 Å². The van der Waals surface area contributed by atoms with Gasteiger partial charge in [-0.25, -0.2) is 0 Å². The second kappa shape index (κ2) is 37.3. The molecule has 0 spiro atoms. The number of hydrogen-bond acceptors (Lipinski definition) is 48. The molecule has 0 radical (unpaired) electrons. The molecular weight excluding hydrogens is 1950 g/mol.